The van der Waals surface area contributed by atoms with Crippen molar-refractivity contribution >= 4 is 0 Å². The summed E-state index contributed by atoms with van der Waals surface area (Å²) in [5.74, 6) is 5.81. The Balaban J connectivity index is 0.00000169. The molecule has 1 heteroatoms. The van der Waals surface area contributed by atoms with Crippen LogP contribution in [0.5, 0.6) is 0 Å². The van der Waals surface area contributed by atoms with E-state index in [-0.39, 0.29) is 7.43 Å². The van der Waals surface area contributed by atoms with Crippen LogP contribution in [0.3, 0.4) is 0 Å². The molecule has 0 N–H and O–H groups in total. The lowest BCUT2D eigenvalue weighted by Gasteiger charge is -2.62. The van der Waals surface area contributed by atoms with E-state index in [1.54, 1.807) is 0 Å². The fraction of sp³-hybridized carbons (Fsp3) is 0.957. The summed E-state index contributed by atoms with van der Waals surface area (Å²) < 4.78 is 0. The second kappa shape index (κ2) is 6.03. The molecule has 4 aliphatic carbocycles. The van der Waals surface area contributed by atoms with Gasteiger partial charge >= 0.3 is 0 Å². The van der Waals surface area contributed by atoms with Crippen molar-refractivity contribution in [2.45, 2.75) is 86.5 Å². The monoisotopic (exact) mass is 329 g/mol. The molecule has 0 aromatic carbocycles. The van der Waals surface area contributed by atoms with Crippen molar-refractivity contribution in [1.29, 1.82) is 5.26 Å². The number of hydrogen-bond acceptors (Lipinski definition) is 1. The molecule has 0 radical (unpaired) electrons. The second-order valence-electron chi connectivity index (χ2n) is 10.4. The van der Waals surface area contributed by atoms with Gasteiger partial charge in [-0.2, -0.15) is 5.26 Å². The Morgan fingerprint density at radius 3 is 2.25 bits per heavy atom. The molecule has 136 valence electrons. The predicted molar refractivity (Wildman–Crippen MR) is 101 cm³/mol. The van der Waals surface area contributed by atoms with Crippen LogP contribution in [-0.4, -0.2) is 0 Å². The van der Waals surface area contributed by atoms with Crippen molar-refractivity contribution in [2.75, 3.05) is 0 Å². The predicted octanol–water partition coefficient (Wildman–Crippen LogP) is 6.69. The molecule has 0 aliphatic heterocycles. The first-order valence-corrected chi connectivity index (χ1v) is 10.3. The number of hydrogen-bond donors (Lipinski definition) is 0. The summed E-state index contributed by atoms with van der Waals surface area (Å²) in [6.07, 6.45) is 11.1. The van der Waals surface area contributed by atoms with E-state index >= 15 is 0 Å². The van der Waals surface area contributed by atoms with Crippen molar-refractivity contribution in [2.24, 2.45) is 52.3 Å². The smallest absolute Gasteiger partial charge is 0.0661 e. The van der Waals surface area contributed by atoms with E-state index in [9.17, 15) is 5.26 Å². The Kier molecular flexibility index (Phi) is 4.60. The minimum Gasteiger partial charge on any atom is -0.198 e. The molecule has 0 aromatic rings. The molecule has 24 heavy (non-hydrogen) atoms. The zero-order chi connectivity index (χ0) is 16.4. The molecular formula is C23H39N. The normalized spacial score (nSPS) is 56.2. The van der Waals surface area contributed by atoms with Gasteiger partial charge in [-0.3, -0.25) is 0 Å². The summed E-state index contributed by atoms with van der Waals surface area (Å²) in [6.45, 7) is 10.2. The van der Waals surface area contributed by atoms with Gasteiger partial charge in [0.15, 0.2) is 0 Å². The van der Waals surface area contributed by atoms with E-state index in [1.807, 2.05) is 0 Å². The Morgan fingerprint density at radius 2 is 1.54 bits per heavy atom. The van der Waals surface area contributed by atoms with Crippen LogP contribution in [0.15, 0.2) is 0 Å². The number of nitriles is 1. The molecule has 1 nitrogen and oxygen atoms in total. The van der Waals surface area contributed by atoms with Gasteiger partial charge < -0.3 is 0 Å². The molecule has 4 aliphatic rings. The van der Waals surface area contributed by atoms with Crippen LogP contribution in [0.25, 0.3) is 0 Å². The minimum atomic E-state index is 0. The Hall–Kier alpha value is -0.510. The van der Waals surface area contributed by atoms with Crippen LogP contribution >= 0.6 is 0 Å². The third-order valence-corrected chi connectivity index (χ3v) is 9.44. The molecule has 0 spiro atoms. The summed E-state index contributed by atoms with van der Waals surface area (Å²) in [5.41, 5.74) is 0.936. The molecule has 4 fully saturated rings. The Bertz CT molecular complexity index is 519. The lowest BCUT2D eigenvalue weighted by Crippen LogP contribution is -2.55. The van der Waals surface area contributed by atoms with Crippen LogP contribution in [0.1, 0.15) is 86.5 Å². The molecule has 0 aromatic heterocycles. The van der Waals surface area contributed by atoms with Crippen LogP contribution in [0.2, 0.25) is 0 Å². The van der Waals surface area contributed by atoms with E-state index < -0.39 is 0 Å². The summed E-state index contributed by atoms with van der Waals surface area (Å²) in [4.78, 5) is 0. The topological polar surface area (TPSA) is 23.8 Å². The van der Waals surface area contributed by atoms with Crippen molar-refractivity contribution in [3.63, 3.8) is 0 Å². The fourth-order valence-electron chi connectivity index (χ4n) is 8.06. The second-order valence-corrected chi connectivity index (χ2v) is 10.4. The third kappa shape index (κ3) is 2.31. The van der Waals surface area contributed by atoms with Crippen molar-refractivity contribution < 1.29 is 0 Å². The maximum Gasteiger partial charge on any atom is 0.0661 e. The average Bonchev–Trinajstić information content (AvgIpc) is 2.85. The highest BCUT2D eigenvalue weighted by atomic mass is 14.7. The summed E-state index contributed by atoms with van der Waals surface area (Å²) in [7, 11) is 0. The van der Waals surface area contributed by atoms with Crippen LogP contribution in [-0.2, 0) is 0 Å². The van der Waals surface area contributed by atoms with Gasteiger partial charge in [-0.25, -0.2) is 0 Å². The molecule has 8 unspecified atom stereocenters. The van der Waals surface area contributed by atoms with Gasteiger partial charge in [0.25, 0.3) is 0 Å². The minimum absolute atomic E-state index is 0. The van der Waals surface area contributed by atoms with Crippen molar-refractivity contribution in [3.8, 4) is 6.07 Å². The SMILES string of the molecule is C.CC1CCC2(C)C(C1)C[C@@H](C)C1C3CCC(C#N)C3(C)CCC12. The summed E-state index contributed by atoms with van der Waals surface area (Å²) in [6, 6.07) is 2.69. The van der Waals surface area contributed by atoms with Gasteiger partial charge in [-0.05, 0) is 91.3 Å². The molecule has 0 bridgehead atoms. The van der Waals surface area contributed by atoms with E-state index in [4.69, 9.17) is 0 Å². The zero-order valence-corrected chi connectivity index (χ0v) is 15.6. The van der Waals surface area contributed by atoms with Gasteiger partial charge in [0, 0.05) is 0 Å². The zero-order valence-electron chi connectivity index (χ0n) is 15.6. The average molecular weight is 330 g/mol. The highest BCUT2D eigenvalue weighted by molar-refractivity contribution is 5.13. The maximum absolute atomic E-state index is 9.65. The highest BCUT2D eigenvalue weighted by Gasteiger charge is 2.61. The van der Waals surface area contributed by atoms with Crippen LogP contribution in [0, 0.1) is 63.6 Å². The van der Waals surface area contributed by atoms with Crippen LogP contribution in [0.4, 0.5) is 0 Å². The van der Waals surface area contributed by atoms with Crippen molar-refractivity contribution in [3.05, 3.63) is 0 Å². The molecular weight excluding hydrogens is 290 g/mol. The largest absolute Gasteiger partial charge is 0.198 e. The first-order chi connectivity index (χ1) is 10.9. The van der Waals surface area contributed by atoms with Gasteiger partial charge in [0.05, 0.1) is 12.0 Å². The summed E-state index contributed by atoms with van der Waals surface area (Å²) in [5, 5.41) is 9.65. The molecule has 4 rings (SSSR count). The molecule has 9 atom stereocenters. The Labute approximate surface area is 150 Å². The summed E-state index contributed by atoms with van der Waals surface area (Å²) >= 11 is 0. The van der Waals surface area contributed by atoms with Gasteiger partial charge in [-0.1, -0.05) is 41.5 Å². The first kappa shape index (κ1) is 18.3. The van der Waals surface area contributed by atoms with Gasteiger partial charge in [0.2, 0.25) is 0 Å². The quantitative estimate of drug-likeness (QED) is 0.486. The lowest BCUT2D eigenvalue weighted by molar-refractivity contribution is -0.137. The highest BCUT2D eigenvalue weighted by Crippen LogP contribution is 2.68. The van der Waals surface area contributed by atoms with Crippen molar-refractivity contribution in [1.82, 2.24) is 0 Å². The molecule has 0 saturated heterocycles. The number of rotatable bonds is 0. The van der Waals surface area contributed by atoms with Crippen LogP contribution < -0.4 is 0 Å². The maximum atomic E-state index is 9.65. The molecule has 4 saturated carbocycles. The first-order valence-electron chi connectivity index (χ1n) is 10.3. The van der Waals surface area contributed by atoms with E-state index in [2.05, 4.69) is 33.8 Å². The fourth-order valence-corrected chi connectivity index (χ4v) is 8.06. The van der Waals surface area contributed by atoms with E-state index in [0.29, 0.717) is 16.7 Å². The molecule has 0 amide bonds. The van der Waals surface area contributed by atoms with E-state index in [0.717, 1.165) is 35.5 Å². The number of fused-ring (bicyclic) bond motifs is 5. The third-order valence-electron chi connectivity index (χ3n) is 9.44. The lowest BCUT2D eigenvalue weighted by atomic mass is 9.42. The number of nitrogens with zero attached hydrogens (tertiary/aromatic N) is 1. The standard InChI is InChI=1S/C22H35N.CH4/c1-14-7-9-22(4)17(11-14)12-15(2)20-18-6-5-16(13-23)21(18,3)10-8-19(20)22;/h14-20H,5-12H2,1-4H3;1H4/t14?,15-,16?,17?,18?,19?,20?,21?,22?;/m1./s1. The molecule has 0 heterocycles. The van der Waals surface area contributed by atoms with Gasteiger partial charge in [-0.15, -0.1) is 0 Å². The Morgan fingerprint density at radius 1 is 0.875 bits per heavy atom. The van der Waals surface area contributed by atoms with Gasteiger partial charge in [0.1, 0.15) is 0 Å². The van der Waals surface area contributed by atoms with E-state index in [1.165, 1.54) is 51.4 Å².